The Kier molecular flexibility index (Phi) is 8.06. The van der Waals surface area contributed by atoms with E-state index in [0.717, 1.165) is 35.7 Å². The number of aryl methyl sites for hydroxylation is 1. The molecule has 6 heteroatoms. The Balaban J connectivity index is 1.87. The quantitative estimate of drug-likeness (QED) is 0.214. The van der Waals surface area contributed by atoms with Crippen LogP contribution in [0.4, 0.5) is 13.2 Å². The van der Waals surface area contributed by atoms with Gasteiger partial charge in [0.25, 0.3) is 5.92 Å². The lowest BCUT2D eigenvalue weighted by atomic mass is 9.89. The van der Waals surface area contributed by atoms with E-state index in [4.69, 9.17) is 5.10 Å². The molecule has 2 aromatic heterocycles. The molecule has 2 unspecified atom stereocenters. The Morgan fingerprint density at radius 3 is 2.21 bits per heavy atom. The topological polar surface area (TPSA) is 30.7 Å². The van der Waals surface area contributed by atoms with Crippen molar-refractivity contribution in [1.82, 2.24) is 14.8 Å². The van der Waals surface area contributed by atoms with E-state index in [1.165, 1.54) is 0 Å². The van der Waals surface area contributed by atoms with Gasteiger partial charge in [-0.25, -0.2) is 13.2 Å². The maximum atomic E-state index is 15.3. The predicted molar refractivity (Wildman–Crippen MR) is 155 cm³/mol. The smallest absolute Gasteiger partial charge is 0.264 e. The summed E-state index contributed by atoms with van der Waals surface area (Å²) >= 11 is 0. The van der Waals surface area contributed by atoms with Gasteiger partial charge >= 0.3 is 0 Å². The fourth-order valence-electron chi connectivity index (χ4n) is 5.21. The summed E-state index contributed by atoms with van der Waals surface area (Å²) < 4.78 is 47.1. The number of nitrogens with zero attached hydrogens (tertiary/aromatic N) is 3. The highest BCUT2D eigenvalue weighted by atomic mass is 19.3. The van der Waals surface area contributed by atoms with Crippen molar-refractivity contribution < 1.29 is 13.2 Å². The van der Waals surface area contributed by atoms with Gasteiger partial charge in [0.15, 0.2) is 0 Å². The molecule has 0 spiro atoms. The number of hydrogen-bond acceptors (Lipinski definition) is 2. The number of alkyl halides is 3. The first-order valence-electron chi connectivity index (χ1n) is 13.5. The molecule has 0 fully saturated rings. The average molecular weight is 534 g/mol. The monoisotopic (exact) mass is 533 g/mol. The summed E-state index contributed by atoms with van der Waals surface area (Å²) in [6.07, 6.45) is 3.23. The zero-order chi connectivity index (χ0) is 28.6. The van der Waals surface area contributed by atoms with Crippen LogP contribution >= 0.6 is 0 Å². The Labute approximate surface area is 229 Å². The van der Waals surface area contributed by atoms with Crippen LogP contribution in [-0.2, 0) is 5.92 Å². The van der Waals surface area contributed by atoms with Crippen LogP contribution in [-0.4, -0.2) is 14.8 Å². The molecule has 4 rings (SSSR count). The van der Waals surface area contributed by atoms with Crippen molar-refractivity contribution in [1.29, 1.82) is 0 Å². The molecule has 0 bridgehead atoms. The lowest BCUT2D eigenvalue weighted by Gasteiger charge is -2.20. The van der Waals surface area contributed by atoms with Crippen LogP contribution in [0.3, 0.4) is 0 Å². The Morgan fingerprint density at radius 1 is 1.00 bits per heavy atom. The number of fused-ring (bicyclic) bond motifs is 1. The van der Waals surface area contributed by atoms with Crippen molar-refractivity contribution >= 4 is 16.5 Å². The third-order valence-corrected chi connectivity index (χ3v) is 7.21. The van der Waals surface area contributed by atoms with Gasteiger partial charge in [0.2, 0.25) is 0 Å². The molecule has 0 saturated heterocycles. The van der Waals surface area contributed by atoms with Crippen LogP contribution in [0.25, 0.3) is 27.6 Å². The van der Waals surface area contributed by atoms with E-state index < -0.39 is 12.1 Å². The summed E-state index contributed by atoms with van der Waals surface area (Å²) in [4.78, 5) is 4.55. The standard InChI is InChI=1S/C33H38F3N3/c1-19(2)15-30(24-10-13-28(20(3)4)37-17-24)39-18-27-29(38-39)14-12-26(31(27)33(8,35)36)25-11-9-23(16-22(25)7)32(34)21(5)6/h9-14,16-19,21,30,32H,3,15H2,1-2,4-8H3. The molecule has 0 aliphatic carbocycles. The van der Waals surface area contributed by atoms with Gasteiger partial charge in [-0.1, -0.05) is 64.6 Å². The van der Waals surface area contributed by atoms with Crippen LogP contribution in [0.5, 0.6) is 0 Å². The van der Waals surface area contributed by atoms with E-state index in [-0.39, 0.29) is 17.5 Å². The molecule has 0 amide bonds. The van der Waals surface area contributed by atoms with Gasteiger partial charge in [-0.05, 0) is 77.6 Å². The van der Waals surface area contributed by atoms with E-state index in [2.05, 4.69) is 25.4 Å². The number of pyridine rings is 1. The Hall–Kier alpha value is -3.41. The second-order valence-corrected chi connectivity index (χ2v) is 11.5. The Morgan fingerprint density at radius 2 is 1.67 bits per heavy atom. The second-order valence-electron chi connectivity index (χ2n) is 11.5. The maximum absolute atomic E-state index is 15.3. The highest BCUT2D eigenvalue weighted by molar-refractivity contribution is 5.90. The second kappa shape index (κ2) is 11.0. The maximum Gasteiger partial charge on any atom is 0.271 e. The molecule has 2 aromatic carbocycles. The van der Waals surface area contributed by atoms with Crippen molar-refractivity contribution in [2.45, 2.75) is 73.0 Å². The Bertz CT molecular complexity index is 1480. The third kappa shape index (κ3) is 5.95. The highest BCUT2D eigenvalue weighted by Gasteiger charge is 2.32. The van der Waals surface area contributed by atoms with Crippen LogP contribution in [0.15, 0.2) is 61.4 Å². The van der Waals surface area contributed by atoms with Crippen molar-refractivity contribution in [3.63, 3.8) is 0 Å². The van der Waals surface area contributed by atoms with E-state index in [1.54, 1.807) is 41.2 Å². The van der Waals surface area contributed by atoms with Gasteiger partial charge < -0.3 is 0 Å². The molecule has 206 valence electrons. The fourth-order valence-corrected chi connectivity index (χ4v) is 5.21. The van der Waals surface area contributed by atoms with Crippen molar-refractivity contribution in [2.75, 3.05) is 0 Å². The lowest BCUT2D eigenvalue weighted by Crippen LogP contribution is -2.14. The molecule has 3 nitrogen and oxygen atoms in total. The minimum atomic E-state index is -3.12. The molecular weight excluding hydrogens is 495 g/mol. The highest BCUT2D eigenvalue weighted by Crippen LogP contribution is 2.42. The van der Waals surface area contributed by atoms with E-state index in [1.807, 2.05) is 46.0 Å². The molecule has 0 aliphatic heterocycles. The minimum absolute atomic E-state index is 0.0678. The number of halogens is 3. The zero-order valence-electron chi connectivity index (χ0n) is 23.9. The predicted octanol–water partition coefficient (Wildman–Crippen LogP) is 9.85. The summed E-state index contributed by atoms with van der Waals surface area (Å²) in [6, 6.07) is 12.5. The molecule has 2 atom stereocenters. The average Bonchev–Trinajstić information content (AvgIpc) is 3.29. The van der Waals surface area contributed by atoms with Crippen molar-refractivity contribution in [3.05, 3.63) is 89.4 Å². The zero-order valence-corrected chi connectivity index (χ0v) is 23.9. The van der Waals surface area contributed by atoms with Gasteiger partial charge in [0, 0.05) is 30.3 Å². The largest absolute Gasteiger partial charge is 0.271 e. The van der Waals surface area contributed by atoms with E-state index in [9.17, 15) is 4.39 Å². The normalized spacial score (nSPS) is 13.8. The number of hydrogen-bond donors (Lipinski definition) is 0. The van der Waals surface area contributed by atoms with Gasteiger partial charge in [-0.3, -0.25) is 9.67 Å². The lowest BCUT2D eigenvalue weighted by molar-refractivity contribution is 0.0197. The number of aromatic nitrogens is 3. The van der Waals surface area contributed by atoms with Gasteiger partial charge in [-0.15, -0.1) is 0 Å². The first-order valence-corrected chi connectivity index (χ1v) is 13.5. The number of allylic oxidation sites excluding steroid dienone is 1. The van der Waals surface area contributed by atoms with Gasteiger partial charge in [0.05, 0.1) is 17.3 Å². The van der Waals surface area contributed by atoms with Crippen LogP contribution in [0.1, 0.15) is 88.1 Å². The van der Waals surface area contributed by atoms with E-state index in [0.29, 0.717) is 33.5 Å². The summed E-state index contributed by atoms with van der Waals surface area (Å²) in [7, 11) is 0. The van der Waals surface area contributed by atoms with Gasteiger partial charge in [-0.2, -0.15) is 5.10 Å². The number of rotatable bonds is 9. The van der Waals surface area contributed by atoms with E-state index >= 15 is 8.78 Å². The van der Waals surface area contributed by atoms with Crippen LogP contribution < -0.4 is 0 Å². The molecule has 39 heavy (non-hydrogen) atoms. The third-order valence-electron chi connectivity index (χ3n) is 7.21. The van der Waals surface area contributed by atoms with Crippen molar-refractivity contribution in [3.8, 4) is 11.1 Å². The molecule has 0 radical (unpaired) electrons. The van der Waals surface area contributed by atoms with Crippen molar-refractivity contribution in [2.24, 2.45) is 11.8 Å². The summed E-state index contributed by atoms with van der Waals surface area (Å²) in [5.41, 5.74) is 5.52. The molecule has 0 aliphatic rings. The van der Waals surface area contributed by atoms with Crippen LogP contribution in [0, 0.1) is 18.8 Å². The minimum Gasteiger partial charge on any atom is -0.264 e. The van der Waals surface area contributed by atoms with Crippen LogP contribution in [0.2, 0.25) is 0 Å². The molecule has 0 saturated carbocycles. The SMILES string of the molecule is C=C(C)c1ccc(C(CC(C)C)n2cc3c(C(C)(F)F)c(-c4ccc(C(F)C(C)C)cc4C)ccc3n2)cn1. The summed E-state index contributed by atoms with van der Waals surface area (Å²) in [5, 5.41) is 5.19. The molecular formula is C33H38F3N3. The summed E-state index contributed by atoms with van der Waals surface area (Å²) in [6.45, 7) is 16.5. The molecule has 2 heterocycles. The first-order chi connectivity index (χ1) is 18.3. The fraction of sp³-hybridized carbons (Fsp3) is 0.394. The molecule has 0 N–H and O–H groups in total. The first kappa shape index (κ1) is 28.6. The molecule has 4 aromatic rings. The summed E-state index contributed by atoms with van der Waals surface area (Å²) in [5.74, 6) is -2.94. The number of benzene rings is 2. The van der Waals surface area contributed by atoms with Gasteiger partial charge in [0.1, 0.15) is 6.17 Å².